The highest BCUT2D eigenvalue weighted by Gasteiger charge is 2.43. The van der Waals surface area contributed by atoms with Crippen molar-refractivity contribution in [3.63, 3.8) is 0 Å². The van der Waals surface area contributed by atoms with Crippen LogP contribution in [0.3, 0.4) is 0 Å². The Morgan fingerprint density at radius 2 is 1.68 bits per heavy atom. The van der Waals surface area contributed by atoms with Crippen LogP contribution in [0.15, 0.2) is 54.6 Å². The lowest BCUT2D eigenvalue weighted by Gasteiger charge is -2.38. The molecule has 1 N–H and O–H groups in total. The highest BCUT2D eigenvalue weighted by molar-refractivity contribution is 5.51. The zero-order chi connectivity index (χ0) is 14.9. The second kappa shape index (κ2) is 6.52. The van der Waals surface area contributed by atoms with E-state index in [1.54, 1.807) is 0 Å². The van der Waals surface area contributed by atoms with Crippen molar-refractivity contribution in [2.24, 2.45) is 0 Å². The molecule has 2 nitrogen and oxygen atoms in total. The first kappa shape index (κ1) is 16.5. The maximum atomic E-state index is 10.0. The number of halogens is 1. The minimum atomic E-state index is -0.496. The van der Waals surface area contributed by atoms with E-state index < -0.39 is 5.41 Å². The maximum absolute atomic E-state index is 10.0. The lowest BCUT2D eigenvalue weighted by molar-refractivity contribution is -0.893. The Kier molecular flexibility index (Phi) is 4.90. The number of rotatable bonds is 2. The average Bonchev–Trinajstić information content (AvgIpc) is 2.54. The molecule has 1 aliphatic rings. The largest absolute Gasteiger partial charge is 1.00 e. The molecule has 114 valence electrons. The van der Waals surface area contributed by atoms with Gasteiger partial charge in [0.05, 0.1) is 20.2 Å². The van der Waals surface area contributed by atoms with E-state index in [1.807, 2.05) is 18.2 Å². The molecule has 3 rings (SSSR count). The van der Waals surface area contributed by atoms with Crippen molar-refractivity contribution in [2.75, 3.05) is 14.1 Å². The number of nitriles is 1. The predicted octanol–water partition coefficient (Wildman–Crippen LogP) is -0.520. The standard InChI is InChI=1S/C19H20N2.ClH/c1-21(2)18-12-13-19(14-20,15-8-4-3-5-9-15)17-11-7-6-10-16(17)18;/h3-11,18H,12-13H2,1-2H3;1H/t18-,19-;/m1./s1. The summed E-state index contributed by atoms with van der Waals surface area (Å²) in [7, 11) is 4.40. The topological polar surface area (TPSA) is 28.2 Å². The Morgan fingerprint density at radius 3 is 2.32 bits per heavy atom. The minimum absolute atomic E-state index is 0. The van der Waals surface area contributed by atoms with Gasteiger partial charge < -0.3 is 17.3 Å². The van der Waals surface area contributed by atoms with E-state index in [0.717, 1.165) is 18.4 Å². The summed E-state index contributed by atoms with van der Waals surface area (Å²) in [4.78, 5) is 1.43. The van der Waals surface area contributed by atoms with Gasteiger partial charge in [-0.2, -0.15) is 5.26 Å². The van der Waals surface area contributed by atoms with E-state index >= 15 is 0 Å². The van der Waals surface area contributed by atoms with Gasteiger partial charge in [0.2, 0.25) is 0 Å². The summed E-state index contributed by atoms with van der Waals surface area (Å²) in [6.45, 7) is 0. The number of nitrogens with zero attached hydrogens (tertiary/aromatic N) is 1. The van der Waals surface area contributed by atoms with Crippen molar-refractivity contribution in [1.29, 1.82) is 5.26 Å². The number of nitrogens with one attached hydrogen (secondary N) is 1. The molecule has 0 heterocycles. The van der Waals surface area contributed by atoms with E-state index in [2.05, 4.69) is 56.6 Å². The van der Waals surface area contributed by atoms with Crippen molar-refractivity contribution in [3.8, 4) is 6.07 Å². The fourth-order valence-electron chi connectivity index (χ4n) is 3.64. The van der Waals surface area contributed by atoms with Crippen LogP contribution in [0.25, 0.3) is 0 Å². The fourth-order valence-corrected chi connectivity index (χ4v) is 3.64. The molecule has 2 aromatic carbocycles. The molecule has 0 bridgehead atoms. The van der Waals surface area contributed by atoms with Crippen molar-refractivity contribution >= 4 is 0 Å². The molecule has 0 unspecified atom stereocenters. The molecule has 0 fully saturated rings. The van der Waals surface area contributed by atoms with Crippen LogP contribution in [-0.2, 0) is 5.41 Å². The zero-order valence-electron chi connectivity index (χ0n) is 13.0. The number of hydrogen-bond acceptors (Lipinski definition) is 1. The molecule has 0 aromatic heterocycles. The summed E-state index contributed by atoms with van der Waals surface area (Å²) < 4.78 is 0. The highest BCUT2D eigenvalue weighted by atomic mass is 35.5. The Morgan fingerprint density at radius 1 is 1.05 bits per heavy atom. The van der Waals surface area contributed by atoms with E-state index in [9.17, 15) is 5.26 Å². The van der Waals surface area contributed by atoms with Crippen LogP contribution in [-0.4, -0.2) is 14.1 Å². The second-order valence-corrected chi connectivity index (χ2v) is 6.14. The van der Waals surface area contributed by atoms with Gasteiger partial charge in [-0.25, -0.2) is 0 Å². The molecule has 2 aromatic rings. The average molecular weight is 313 g/mol. The molecular formula is C19H21ClN2. The van der Waals surface area contributed by atoms with Crippen molar-refractivity contribution in [3.05, 3.63) is 71.3 Å². The summed E-state index contributed by atoms with van der Waals surface area (Å²) in [5.41, 5.74) is 3.14. The summed E-state index contributed by atoms with van der Waals surface area (Å²) in [5, 5.41) is 10.0. The molecule has 0 saturated carbocycles. The van der Waals surface area contributed by atoms with Gasteiger partial charge in [0.25, 0.3) is 0 Å². The quantitative estimate of drug-likeness (QED) is 0.794. The zero-order valence-corrected chi connectivity index (χ0v) is 13.8. The molecule has 2 atom stereocenters. The summed E-state index contributed by atoms with van der Waals surface area (Å²) >= 11 is 0. The Balaban J connectivity index is 0.00000176. The minimum Gasteiger partial charge on any atom is -1.00 e. The molecule has 0 aliphatic heterocycles. The molecule has 0 saturated heterocycles. The van der Waals surface area contributed by atoms with Gasteiger partial charge in [-0.05, 0) is 17.5 Å². The third-order valence-corrected chi connectivity index (χ3v) is 4.76. The van der Waals surface area contributed by atoms with Crippen LogP contribution >= 0.6 is 0 Å². The van der Waals surface area contributed by atoms with Gasteiger partial charge in [0.1, 0.15) is 11.5 Å². The number of fused-ring (bicyclic) bond motifs is 1. The van der Waals surface area contributed by atoms with Crippen molar-refractivity contribution < 1.29 is 17.3 Å². The van der Waals surface area contributed by atoms with E-state index in [1.165, 1.54) is 16.0 Å². The van der Waals surface area contributed by atoms with Gasteiger partial charge in [0, 0.05) is 12.0 Å². The molecule has 0 radical (unpaired) electrons. The predicted molar refractivity (Wildman–Crippen MR) is 84.1 cm³/mol. The van der Waals surface area contributed by atoms with E-state index in [0.29, 0.717) is 6.04 Å². The number of benzene rings is 2. The van der Waals surface area contributed by atoms with Gasteiger partial charge in [-0.3, -0.25) is 0 Å². The maximum Gasteiger partial charge on any atom is 0.113 e. The first-order valence-electron chi connectivity index (χ1n) is 7.55. The summed E-state index contributed by atoms with van der Waals surface area (Å²) in [5.74, 6) is 0. The number of hydrogen-bond donors (Lipinski definition) is 1. The van der Waals surface area contributed by atoms with E-state index in [4.69, 9.17) is 0 Å². The molecule has 0 spiro atoms. The van der Waals surface area contributed by atoms with Crippen LogP contribution < -0.4 is 17.3 Å². The van der Waals surface area contributed by atoms with E-state index in [-0.39, 0.29) is 12.4 Å². The third kappa shape index (κ3) is 2.52. The Labute approximate surface area is 138 Å². The summed E-state index contributed by atoms with van der Waals surface area (Å²) in [6, 6.07) is 21.8. The molecule has 22 heavy (non-hydrogen) atoms. The lowest BCUT2D eigenvalue weighted by Crippen LogP contribution is -3.06. The van der Waals surface area contributed by atoms with Crippen LogP contribution in [0.2, 0.25) is 0 Å². The van der Waals surface area contributed by atoms with Crippen LogP contribution in [0.4, 0.5) is 0 Å². The monoisotopic (exact) mass is 312 g/mol. The fraction of sp³-hybridized carbons (Fsp3) is 0.316. The molecular weight excluding hydrogens is 292 g/mol. The lowest BCUT2D eigenvalue weighted by atomic mass is 9.65. The van der Waals surface area contributed by atoms with Gasteiger partial charge in [-0.1, -0.05) is 54.6 Å². The molecule has 1 aliphatic carbocycles. The normalized spacial score (nSPS) is 23.3. The summed E-state index contributed by atoms with van der Waals surface area (Å²) in [6.07, 6.45) is 1.93. The Hall–Kier alpha value is -1.82. The van der Waals surface area contributed by atoms with Gasteiger partial charge in [-0.15, -0.1) is 0 Å². The van der Waals surface area contributed by atoms with Crippen molar-refractivity contribution in [1.82, 2.24) is 0 Å². The van der Waals surface area contributed by atoms with Gasteiger partial charge >= 0.3 is 0 Å². The first-order chi connectivity index (χ1) is 10.2. The number of quaternary nitrogens is 1. The van der Waals surface area contributed by atoms with Crippen LogP contribution in [0.1, 0.15) is 35.6 Å². The second-order valence-electron chi connectivity index (χ2n) is 6.14. The van der Waals surface area contributed by atoms with Crippen molar-refractivity contribution in [2.45, 2.75) is 24.3 Å². The molecule has 3 heteroatoms. The smallest absolute Gasteiger partial charge is 0.113 e. The Bertz CT molecular complexity index is 675. The van der Waals surface area contributed by atoms with Gasteiger partial charge in [0.15, 0.2) is 0 Å². The SMILES string of the molecule is C[NH+](C)[C@@H]1CC[C@@](C#N)(c2ccccc2)c2ccccc21.[Cl-]. The van der Waals surface area contributed by atoms with Crippen LogP contribution in [0.5, 0.6) is 0 Å². The highest BCUT2D eigenvalue weighted by Crippen LogP contribution is 2.44. The van der Waals surface area contributed by atoms with Crippen LogP contribution in [0, 0.1) is 11.3 Å². The third-order valence-electron chi connectivity index (χ3n) is 4.76. The first-order valence-corrected chi connectivity index (χ1v) is 7.55. The molecule has 0 amide bonds.